The second kappa shape index (κ2) is 6.98. The van der Waals surface area contributed by atoms with E-state index in [9.17, 15) is 13.2 Å². The molecule has 2 aliphatic heterocycles. The first-order chi connectivity index (χ1) is 11.1. The number of hydrogen-bond acceptors (Lipinski definition) is 5. The van der Waals surface area contributed by atoms with Gasteiger partial charge in [-0.2, -0.15) is 4.31 Å². The Morgan fingerprint density at radius 2 is 2.26 bits per heavy atom. The summed E-state index contributed by atoms with van der Waals surface area (Å²) < 4.78 is 26.5. The minimum Gasteiger partial charge on any atom is -0.354 e. The summed E-state index contributed by atoms with van der Waals surface area (Å²) in [7, 11) is -3.52. The average molecular weight is 341 g/mol. The van der Waals surface area contributed by atoms with Crippen molar-refractivity contribution < 1.29 is 13.2 Å². The topological polar surface area (TPSA) is 107 Å². The summed E-state index contributed by atoms with van der Waals surface area (Å²) >= 11 is 0. The average Bonchev–Trinajstić information content (AvgIpc) is 3.25. The maximum Gasteiger partial charge on any atom is 0.260 e. The maximum atomic E-state index is 12.5. The normalized spacial score (nSPS) is 26.3. The number of aromatic amines is 1. The van der Waals surface area contributed by atoms with Crippen molar-refractivity contribution in [1.82, 2.24) is 24.9 Å². The molecule has 0 saturated carbocycles. The first kappa shape index (κ1) is 16.4. The monoisotopic (exact) mass is 341 g/mol. The Morgan fingerprint density at radius 3 is 2.96 bits per heavy atom. The second-order valence-electron chi connectivity index (χ2n) is 6.18. The van der Waals surface area contributed by atoms with Crippen LogP contribution < -0.4 is 10.6 Å². The number of piperidine rings is 1. The van der Waals surface area contributed by atoms with Crippen molar-refractivity contribution in [3.8, 4) is 0 Å². The number of H-pyrrole nitrogens is 1. The van der Waals surface area contributed by atoms with Gasteiger partial charge in [0.25, 0.3) is 10.0 Å². The van der Waals surface area contributed by atoms with Gasteiger partial charge < -0.3 is 15.6 Å². The lowest BCUT2D eigenvalue weighted by Gasteiger charge is -2.31. The van der Waals surface area contributed by atoms with Crippen molar-refractivity contribution in [2.45, 2.75) is 36.8 Å². The molecule has 3 rings (SSSR count). The minimum absolute atomic E-state index is 0.0241. The zero-order valence-electron chi connectivity index (χ0n) is 13.0. The van der Waals surface area contributed by atoms with Crippen molar-refractivity contribution in [1.29, 1.82) is 0 Å². The Bertz CT molecular complexity index is 625. The summed E-state index contributed by atoms with van der Waals surface area (Å²) in [4.78, 5) is 18.5. The number of carbonyl (C=O) groups is 1. The number of hydrogen-bond donors (Lipinski definition) is 3. The van der Waals surface area contributed by atoms with Crippen molar-refractivity contribution in [2.75, 3.05) is 26.2 Å². The Labute approximate surface area is 136 Å². The molecular formula is C14H23N5O3S. The minimum atomic E-state index is -3.52. The highest BCUT2D eigenvalue weighted by atomic mass is 32.2. The largest absolute Gasteiger partial charge is 0.354 e. The van der Waals surface area contributed by atoms with E-state index in [-0.39, 0.29) is 22.9 Å². The molecule has 2 saturated heterocycles. The van der Waals surface area contributed by atoms with Crippen LogP contribution in [0, 0.1) is 5.92 Å². The highest BCUT2D eigenvalue weighted by Gasteiger charge is 2.31. The molecule has 23 heavy (non-hydrogen) atoms. The first-order valence-corrected chi connectivity index (χ1v) is 9.51. The third kappa shape index (κ3) is 3.73. The van der Waals surface area contributed by atoms with E-state index < -0.39 is 10.0 Å². The van der Waals surface area contributed by atoms with Crippen LogP contribution in [0.25, 0.3) is 0 Å². The smallest absolute Gasteiger partial charge is 0.260 e. The quantitative estimate of drug-likeness (QED) is 0.680. The molecular weight excluding hydrogens is 318 g/mol. The highest BCUT2D eigenvalue weighted by Crippen LogP contribution is 2.22. The summed E-state index contributed by atoms with van der Waals surface area (Å²) in [5.74, 6) is 0.169. The predicted octanol–water partition coefficient (Wildman–Crippen LogP) is -0.321. The van der Waals surface area contributed by atoms with Gasteiger partial charge in [0.2, 0.25) is 5.91 Å². The van der Waals surface area contributed by atoms with Gasteiger partial charge in [0.1, 0.15) is 0 Å². The fourth-order valence-electron chi connectivity index (χ4n) is 3.21. The van der Waals surface area contributed by atoms with E-state index in [1.165, 1.54) is 16.8 Å². The van der Waals surface area contributed by atoms with Crippen LogP contribution in [0.2, 0.25) is 0 Å². The summed E-state index contributed by atoms with van der Waals surface area (Å²) in [6.07, 6.45) is 6.31. The fraction of sp³-hybridized carbons (Fsp3) is 0.714. The molecule has 1 aromatic heterocycles. The standard InChI is InChI=1S/C14H23N5O3S/c20-14(12-4-1-5-16-12)17-7-11-3-2-6-19(9-11)23(21,22)13-8-15-10-18-13/h8,10-12,16H,1-7,9H2,(H,15,18)(H,17,20). The summed E-state index contributed by atoms with van der Waals surface area (Å²) in [6.45, 7) is 2.35. The molecule has 2 fully saturated rings. The number of rotatable bonds is 5. The van der Waals surface area contributed by atoms with Crippen LogP contribution >= 0.6 is 0 Å². The van der Waals surface area contributed by atoms with Crippen LogP contribution in [-0.4, -0.2) is 60.8 Å². The molecule has 2 atom stereocenters. The third-order valence-electron chi connectivity index (χ3n) is 4.51. The van der Waals surface area contributed by atoms with Crippen molar-refractivity contribution in [2.24, 2.45) is 5.92 Å². The molecule has 0 bridgehead atoms. The zero-order chi connectivity index (χ0) is 16.3. The van der Waals surface area contributed by atoms with E-state index in [0.29, 0.717) is 19.6 Å². The Kier molecular flexibility index (Phi) is 4.98. The van der Waals surface area contributed by atoms with Gasteiger partial charge in [-0.1, -0.05) is 0 Å². The van der Waals surface area contributed by atoms with Crippen LogP contribution in [0.3, 0.4) is 0 Å². The van der Waals surface area contributed by atoms with Gasteiger partial charge >= 0.3 is 0 Å². The summed E-state index contributed by atoms with van der Waals surface area (Å²) in [5, 5.41) is 6.25. The highest BCUT2D eigenvalue weighted by molar-refractivity contribution is 7.89. The predicted molar refractivity (Wildman–Crippen MR) is 84.1 cm³/mol. The zero-order valence-corrected chi connectivity index (χ0v) is 13.8. The summed E-state index contributed by atoms with van der Waals surface area (Å²) in [5.41, 5.74) is 0. The van der Waals surface area contributed by atoms with E-state index in [4.69, 9.17) is 0 Å². The molecule has 0 aliphatic carbocycles. The Morgan fingerprint density at radius 1 is 1.39 bits per heavy atom. The van der Waals surface area contributed by atoms with Crippen LogP contribution in [-0.2, 0) is 14.8 Å². The van der Waals surface area contributed by atoms with E-state index in [0.717, 1.165) is 32.2 Å². The number of sulfonamides is 1. The molecule has 1 aromatic rings. The Balaban J connectivity index is 1.55. The second-order valence-corrected chi connectivity index (χ2v) is 8.09. The fourth-order valence-corrected chi connectivity index (χ4v) is 4.66. The van der Waals surface area contributed by atoms with Crippen molar-refractivity contribution in [3.63, 3.8) is 0 Å². The van der Waals surface area contributed by atoms with E-state index in [1.807, 2.05) is 0 Å². The van der Waals surface area contributed by atoms with Crippen molar-refractivity contribution >= 4 is 15.9 Å². The first-order valence-electron chi connectivity index (χ1n) is 8.07. The number of aromatic nitrogens is 2. The summed E-state index contributed by atoms with van der Waals surface area (Å²) in [6, 6.07) is -0.0941. The molecule has 0 spiro atoms. The molecule has 8 nitrogen and oxygen atoms in total. The number of carbonyl (C=O) groups excluding carboxylic acids is 1. The lowest BCUT2D eigenvalue weighted by atomic mass is 9.99. The van der Waals surface area contributed by atoms with Crippen LogP contribution in [0.15, 0.2) is 17.6 Å². The van der Waals surface area contributed by atoms with Crippen LogP contribution in [0.5, 0.6) is 0 Å². The molecule has 2 unspecified atom stereocenters. The van der Waals surface area contributed by atoms with Crippen molar-refractivity contribution in [3.05, 3.63) is 12.5 Å². The van der Waals surface area contributed by atoms with Crippen LogP contribution in [0.1, 0.15) is 25.7 Å². The van der Waals surface area contributed by atoms with E-state index >= 15 is 0 Å². The Hall–Kier alpha value is -1.45. The van der Waals surface area contributed by atoms with Gasteiger partial charge in [0.05, 0.1) is 18.6 Å². The third-order valence-corrected chi connectivity index (χ3v) is 6.31. The van der Waals surface area contributed by atoms with E-state index in [2.05, 4.69) is 20.6 Å². The van der Waals surface area contributed by atoms with E-state index in [1.54, 1.807) is 0 Å². The van der Waals surface area contributed by atoms with Crippen LogP contribution in [0.4, 0.5) is 0 Å². The van der Waals surface area contributed by atoms with Gasteiger partial charge in [-0.25, -0.2) is 13.4 Å². The van der Waals surface area contributed by atoms with Gasteiger partial charge in [-0.05, 0) is 38.1 Å². The number of imidazole rings is 1. The lowest BCUT2D eigenvalue weighted by Crippen LogP contribution is -2.46. The van der Waals surface area contributed by atoms with Gasteiger partial charge in [0, 0.05) is 19.6 Å². The number of nitrogens with zero attached hydrogens (tertiary/aromatic N) is 2. The molecule has 9 heteroatoms. The SMILES string of the molecule is O=C(NCC1CCCN(S(=O)(=O)c2cnc[nH]2)C1)C1CCCN1. The van der Waals surface area contributed by atoms with Gasteiger partial charge in [0.15, 0.2) is 5.03 Å². The molecule has 0 aromatic carbocycles. The number of amides is 1. The maximum absolute atomic E-state index is 12.5. The van der Waals surface area contributed by atoms with Gasteiger partial charge in [-0.3, -0.25) is 4.79 Å². The molecule has 3 heterocycles. The molecule has 0 radical (unpaired) electrons. The lowest BCUT2D eigenvalue weighted by molar-refractivity contribution is -0.123. The number of nitrogens with one attached hydrogen (secondary N) is 3. The van der Waals surface area contributed by atoms with Gasteiger partial charge in [-0.15, -0.1) is 0 Å². The molecule has 1 amide bonds. The molecule has 3 N–H and O–H groups in total. The molecule has 2 aliphatic rings. The molecule has 128 valence electrons.